The van der Waals surface area contributed by atoms with E-state index >= 15 is 0 Å². The molecule has 1 atom stereocenters. The second-order valence-electron chi connectivity index (χ2n) is 8.23. The fourth-order valence-corrected chi connectivity index (χ4v) is 4.12. The predicted molar refractivity (Wildman–Crippen MR) is 112 cm³/mol. The van der Waals surface area contributed by atoms with Gasteiger partial charge in [0.15, 0.2) is 0 Å². The van der Waals surface area contributed by atoms with Crippen molar-refractivity contribution < 1.29 is 14.9 Å². The maximum atomic E-state index is 10.3. The lowest BCUT2D eigenvalue weighted by molar-refractivity contribution is 0.0471. The molecule has 0 bridgehead atoms. The molecule has 6 heteroatoms. The first kappa shape index (κ1) is 21.5. The Hall–Kier alpha value is -1.18. The molecule has 1 aromatic carbocycles. The second kappa shape index (κ2) is 11.1. The van der Waals surface area contributed by atoms with Crippen LogP contribution in [0.4, 0.5) is 0 Å². The lowest BCUT2D eigenvalue weighted by atomic mass is 9.93. The van der Waals surface area contributed by atoms with Gasteiger partial charge in [-0.2, -0.15) is 0 Å². The first-order valence-electron chi connectivity index (χ1n) is 10.9. The van der Waals surface area contributed by atoms with Crippen molar-refractivity contribution in [3.8, 4) is 5.75 Å². The van der Waals surface area contributed by atoms with Crippen LogP contribution in [0.5, 0.6) is 5.75 Å². The number of nitrogens with one attached hydrogen (secondary N) is 1. The van der Waals surface area contributed by atoms with E-state index in [0.29, 0.717) is 19.2 Å². The van der Waals surface area contributed by atoms with Crippen LogP contribution in [0.3, 0.4) is 0 Å². The first-order chi connectivity index (χ1) is 13.6. The predicted octanol–water partition coefficient (Wildman–Crippen LogP) is 1.46. The van der Waals surface area contributed by atoms with E-state index in [0.717, 1.165) is 70.7 Å². The topological polar surface area (TPSA) is 68.2 Å². The summed E-state index contributed by atoms with van der Waals surface area (Å²) < 4.78 is 5.85. The van der Waals surface area contributed by atoms with Crippen LogP contribution in [0.25, 0.3) is 0 Å². The molecule has 0 aromatic heterocycles. The van der Waals surface area contributed by atoms with Crippen molar-refractivity contribution in [1.82, 2.24) is 15.1 Å². The Balaban J connectivity index is 1.37. The zero-order valence-corrected chi connectivity index (χ0v) is 17.2. The Morgan fingerprint density at radius 2 is 1.82 bits per heavy atom. The number of aliphatic hydroxyl groups is 2. The third-order valence-electron chi connectivity index (χ3n) is 6.01. The van der Waals surface area contributed by atoms with Gasteiger partial charge in [0.2, 0.25) is 0 Å². The van der Waals surface area contributed by atoms with Crippen molar-refractivity contribution in [2.45, 2.75) is 57.4 Å². The molecular weight excluding hydrogens is 354 g/mol. The molecule has 1 aliphatic carbocycles. The lowest BCUT2D eigenvalue weighted by Gasteiger charge is -2.34. The molecule has 158 valence electrons. The van der Waals surface area contributed by atoms with Crippen LogP contribution in [0.1, 0.15) is 38.2 Å². The summed E-state index contributed by atoms with van der Waals surface area (Å²) in [7, 11) is 0. The van der Waals surface area contributed by atoms with Crippen molar-refractivity contribution in [3.05, 3.63) is 29.8 Å². The van der Waals surface area contributed by atoms with E-state index in [1.165, 1.54) is 5.56 Å². The minimum absolute atomic E-state index is 0.114. The molecule has 2 aliphatic rings. The van der Waals surface area contributed by atoms with Crippen molar-refractivity contribution in [3.63, 3.8) is 0 Å². The Morgan fingerprint density at radius 3 is 2.54 bits per heavy atom. The molecule has 6 nitrogen and oxygen atoms in total. The molecule has 1 heterocycles. The number of rotatable bonds is 9. The number of hydrogen-bond acceptors (Lipinski definition) is 6. The zero-order valence-electron chi connectivity index (χ0n) is 17.2. The standard InChI is InChI=1S/C22H37N3O3/c1-2-24-10-12-25(13-11-24)16-21(27)17-28-22-5-3-4-18(14-22)15-23-19-6-8-20(26)9-7-19/h3-5,14,19-21,23,26-27H,2,6-13,15-17H2,1H3. The molecule has 0 amide bonds. The highest BCUT2D eigenvalue weighted by Gasteiger charge is 2.19. The van der Waals surface area contributed by atoms with E-state index in [9.17, 15) is 10.2 Å². The lowest BCUT2D eigenvalue weighted by Crippen LogP contribution is -2.49. The van der Waals surface area contributed by atoms with Crippen LogP contribution in [0.15, 0.2) is 24.3 Å². The van der Waals surface area contributed by atoms with Crippen molar-refractivity contribution >= 4 is 0 Å². The third kappa shape index (κ3) is 7.01. The molecule has 1 saturated carbocycles. The van der Waals surface area contributed by atoms with Gasteiger partial charge in [-0.05, 0) is 49.9 Å². The van der Waals surface area contributed by atoms with Gasteiger partial charge in [-0.25, -0.2) is 0 Å². The summed E-state index contributed by atoms with van der Waals surface area (Å²) in [6, 6.07) is 8.60. The number of hydrogen-bond donors (Lipinski definition) is 3. The normalized spacial score (nSPS) is 25.5. The third-order valence-corrected chi connectivity index (χ3v) is 6.01. The minimum atomic E-state index is -0.469. The van der Waals surface area contributed by atoms with Crippen LogP contribution in [-0.4, -0.2) is 84.1 Å². The summed E-state index contributed by atoms with van der Waals surface area (Å²) in [4.78, 5) is 4.76. The van der Waals surface area contributed by atoms with Gasteiger partial charge < -0.3 is 25.2 Å². The van der Waals surface area contributed by atoms with Gasteiger partial charge in [-0.1, -0.05) is 19.1 Å². The van der Waals surface area contributed by atoms with Crippen molar-refractivity contribution in [1.29, 1.82) is 0 Å². The Labute approximate surface area is 169 Å². The van der Waals surface area contributed by atoms with Gasteiger partial charge >= 0.3 is 0 Å². The SMILES string of the molecule is CCN1CCN(CC(O)COc2cccc(CNC3CCC(O)CC3)c2)CC1. The maximum absolute atomic E-state index is 10.3. The van der Waals surface area contributed by atoms with E-state index < -0.39 is 6.10 Å². The average Bonchev–Trinajstić information content (AvgIpc) is 2.73. The maximum Gasteiger partial charge on any atom is 0.119 e. The fraction of sp³-hybridized carbons (Fsp3) is 0.727. The van der Waals surface area contributed by atoms with Crippen LogP contribution in [-0.2, 0) is 6.54 Å². The number of β-amino-alcohol motifs (C(OH)–C–C–N with tert-alkyl or cyclic N) is 1. The molecule has 1 aromatic rings. The summed E-state index contributed by atoms with van der Waals surface area (Å²) in [5.41, 5.74) is 1.19. The molecule has 2 fully saturated rings. The molecule has 3 N–H and O–H groups in total. The molecule has 1 aliphatic heterocycles. The summed E-state index contributed by atoms with van der Waals surface area (Å²) in [5, 5.41) is 23.5. The summed E-state index contributed by atoms with van der Waals surface area (Å²) in [6.07, 6.45) is 3.28. The minimum Gasteiger partial charge on any atom is -0.491 e. The van der Waals surface area contributed by atoms with E-state index in [2.05, 4.69) is 34.2 Å². The summed E-state index contributed by atoms with van der Waals surface area (Å²) in [6.45, 7) is 9.31. The van der Waals surface area contributed by atoms with Crippen LogP contribution in [0, 0.1) is 0 Å². The molecule has 0 radical (unpaired) electrons. The van der Waals surface area contributed by atoms with Gasteiger partial charge in [-0.3, -0.25) is 4.90 Å². The van der Waals surface area contributed by atoms with E-state index in [-0.39, 0.29) is 6.10 Å². The number of benzene rings is 1. The highest BCUT2D eigenvalue weighted by molar-refractivity contribution is 5.28. The zero-order chi connectivity index (χ0) is 19.8. The van der Waals surface area contributed by atoms with E-state index in [1.54, 1.807) is 0 Å². The van der Waals surface area contributed by atoms with Gasteiger partial charge in [-0.15, -0.1) is 0 Å². The molecule has 1 saturated heterocycles. The molecule has 3 rings (SSSR count). The van der Waals surface area contributed by atoms with Gasteiger partial charge in [0.1, 0.15) is 18.5 Å². The van der Waals surface area contributed by atoms with Gasteiger partial charge in [0, 0.05) is 45.3 Å². The Morgan fingerprint density at radius 1 is 1.11 bits per heavy atom. The number of aliphatic hydroxyl groups excluding tert-OH is 2. The number of piperazine rings is 1. The van der Waals surface area contributed by atoms with E-state index in [1.807, 2.05) is 12.1 Å². The van der Waals surface area contributed by atoms with Gasteiger partial charge in [0.05, 0.1) is 6.10 Å². The number of ether oxygens (including phenoxy) is 1. The Kier molecular flexibility index (Phi) is 8.55. The molecule has 1 unspecified atom stereocenters. The monoisotopic (exact) mass is 391 g/mol. The van der Waals surface area contributed by atoms with Crippen LogP contribution in [0.2, 0.25) is 0 Å². The van der Waals surface area contributed by atoms with Gasteiger partial charge in [0.25, 0.3) is 0 Å². The fourth-order valence-electron chi connectivity index (χ4n) is 4.12. The smallest absolute Gasteiger partial charge is 0.119 e. The second-order valence-corrected chi connectivity index (χ2v) is 8.23. The highest BCUT2D eigenvalue weighted by atomic mass is 16.5. The Bertz CT molecular complexity index is 570. The highest BCUT2D eigenvalue weighted by Crippen LogP contribution is 2.19. The van der Waals surface area contributed by atoms with Crippen LogP contribution < -0.4 is 10.1 Å². The van der Waals surface area contributed by atoms with E-state index in [4.69, 9.17) is 4.74 Å². The quantitative estimate of drug-likeness (QED) is 0.592. The molecule has 0 spiro atoms. The average molecular weight is 392 g/mol. The van der Waals surface area contributed by atoms with Crippen LogP contribution >= 0.6 is 0 Å². The molecule has 28 heavy (non-hydrogen) atoms. The van der Waals surface area contributed by atoms with Crippen molar-refractivity contribution in [2.24, 2.45) is 0 Å². The summed E-state index contributed by atoms with van der Waals surface area (Å²) in [5.74, 6) is 0.813. The number of nitrogens with zero attached hydrogens (tertiary/aromatic N) is 2. The molecular formula is C22H37N3O3. The number of likely N-dealkylation sites (N-methyl/N-ethyl adjacent to an activating group) is 1. The largest absolute Gasteiger partial charge is 0.491 e. The van der Waals surface area contributed by atoms with Crippen molar-refractivity contribution in [2.75, 3.05) is 45.9 Å². The first-order valence-corrected chi connectivity index (χ1v) is 10.9. The summed E-state index contributed by atoms with van der Waals surface area (Å²) >= 11 is 0.